The average molecular weight is 250 g/mol. The Morgan fingerprint density at radius 1 is 1.72 bits per heavy atom. The van der Waals surface area contributed by atoms with Gasteiger partial charge in [-0.15, -0.1) is 0 Å². The fourth-order valence-corrected chi connectivity index (χ4v) is 2.27. The Hall–Kier alpha value is -1.53. The summed E-state index contributed by atoms with van der Waals surface area (Å²) in [7, 11) is 0. The lowest BCUT2D eigenvalue weighted by Gasteiger charge is -2.20. The minimum absolute atomic E-state index is 0.0293. The Bertz CT molecular complexity index is 404. The molecule has 0 aromatic carbocycles. The van der Waals surface area contributed by atoms with Crippen LogP contribution in [-0.2, 0) is 16.0 Å². The van der Waals surface area contributed by atoms with Gasteiger partial charge in [0.15, 0.2) is 5.78 Å². The van der Waals surface area contributed by atoms with E-state index in [0.29, 0.717) is 6.42 Å². The number of aromatic amines is 1. The van der Waals surface area contributed by atoms with Crippen molar-refractivity contribution in [3.63, 3.8) is 0 Å². The van der Waals surface area contributed by atoms with E-state index in [1.54, 1.807) is 12.5 Å². The first-order chi connectivity index (χ1) is 8.70. The fraction of sp³-hybridized carbons (Fsp3) is 0.583. The summed E-state index contributed by atoms with van der Waals surface area (Å²) in [5.41, 5.74) is 6.71. The predicted octanol–water partition coefficient (Wildman–Crippen LogP) is -0.488. The van der Waals surface area contributed by atoms with Crippen LogP contribution >= 0.6 is 0 Å². The zero-order valence-corrected chi connectivity index (χ0v) is 10.2. The topological polar surface area (TPSA) is 92.1 Å². The second kappa shape index (κ2) is 5.88. The molecule has 6 heteroatoms. The second-order valence-corrected chi connectivity index (χ2v) is 4.67. The number of rotatable bonds is 6. The van der Waals surface area contributed by atoms with E-state index in [4.69, 9.17) is 5.73 Å². The van der Waals surface area contributed by atoms with Gasteiger partial charge in [-0.3, -0.25) is 9.69 Å². The van der Waals surface area contributed by atoms with Gasteiger partial charge in [-0.2, -0.15) is 0 Å². The van der Waals surface area contributed by atoms with E-state index in [9.17, 15) is 9.59 Å². The van der Waals surface area contributed by atoms with Crippen molar-refractivity contribution in [2.24, 2.45) is 5.73 Å². The molecular weight excluding hydrogens is 232 g/mol. The molecule has 0 bridgehead atoms. The number of Topliss-reactive ketones (excluding diaryl/α,β-unsaturated/α-hetero) is 1. The van der Waals surface area contributed by atoms with Crippen LogP contribution in [0, 0.1) is 0 Å². The van der Waals surface area contributed by atoms with Crippen molar-refractivity contribution < 1.29 is 9.59 Å². The Morgan fingerprint density at radius 2 is 2.56 bits per heavy atom. The molecule has 0 aliphatic carbocycles. The van der Waals surface area contributed by atoms with Gasteiger partial charge in [-0.1, -0.05) is 0 Å². The van der Waals surface area contributed by atoms with Crippen molar-refractivity contribution in [2.45, 2.75) is 31.3 Å². The molecule has 3 N–H and O–H groups in total. The fourth-order valence-electron chi connectivity index (χ4n) is 2.27. The Morgan fingerprint density at radius 3 is 3.22 bits per heavy atom. The third-order valence-corrected chi connectivity index (χ3v) is 3.34. The van der Waals surface area contributed by atoms with E-state index < -0.39 is 6.04 Å². The molecule has 1 aromatic heterocycles. The van der Waals surface area contributed by atoms with Gasteiger partial charge in [0, 0.05) is 18.3 Å². The lowest BCUT2D eigenvalue weighted by Crippen LogP contribution is -2.43. The van der Waals surface area contributed by atoms with Crippen molar-refractivity contribution in [3.05, 3.63) is 18.2 Å². The highest BCUT2D eigenvalue weighted by molar-refractivity contribution is 5.86. The summed E-state index contributed by atoms with van der Waals surface area (Å²) in [5, 5.41) is 0. The number of nitrogens with one attached hydrogen (secondary N) is 1. The van der Waals surface area contributed by atoms with Crippen LogP contribution in [0.2, 0.25) is 0 Å². The van der Waals surface area contributed by atoms with Crippen LogP contribution in [-0.4, -0.2) is 52.1 Å². The van der Waals surface area contributed by atoms with E-state index in [1.807, 2.05) is 4.90 Å². The van der Waals surface area contributed by atoms with Crippen molar-refractivity contribution in [3.8, 4) is 0 Å². The predicted molar refractivity (Wildman–Crippen MR) is 65.9 cm³/mol. The number of H-pyrrole nitrogens is 1. The Kier molecular flexibility index (Phi) is 4.22. The van der Waals surface area contributed by atoms with Crippen LogP contribution in [0.5, 0.6) is 0 Å². The molecule has 1 aromatic rings. The monoisotopic (exact) mass is 250 g/mol. The van der Waals surface area contributed by atoms with Gasteiger partial charge in [0.25, 0.3) is 0 Å². The summed E-state index contributed by atoms with van der Waals surface area (Å²) >= 11 is 0. The Labute approximate surface area is 106 Å². The normalized spacial score (nSPS) is 21.9. The number of hydrogen-bond donors (Lipinski definition) is 2. The Balaban J connectivity index is 1.85. The van der Waals surface area contributed by atoms with Gasteiger partial charge in [0.1, 0.15) is 6.29 Å². The number of carbonyl (C=O) groups excluding carboxylic acids is 2. The van der Waals surface area contributed by atoms with Gasteiger partial charge < -0.3 is 15.5 Å². The van der Waals surface area contributed by atoms with Crippen LogP contribution in [0.25, 0.3) is 0 Å². The molecule has 98 valence electrons. The van der Waals surface area contributed by atoms with Crippen LogP contribution in [0.3, 0.4) is 0 Å². The van der Waals surface area contributed by atoms with Gasteiger partial charge in [0.2, 0.25) is 0 Å². The molecule has 1 fully saturated rings. The number of aromatic nitrogens is 2. The molecule has 1 aliphatic rings. The molecule has 2 heterocycles. The number of aldehydes is 1. The largest absolute Gasteiger partial charge is 0.348 e. The maximum atomic E-state index is 12.0. The van der Waals surface area contributed by atoms with Crippen LogP contribution in [0.4, 0.5) is 0 Å². The molecule has 0 unspecified atom stereocenters. The van der Waals surface area contributed by atoms with E-state index in [0.717, 1.165) is 31.4 Å². The van der Waals surface area contributed by atoms with Gasteiger partial charge >= 0.3 is 0 Å². The standard InChI is InChI=1S/C12H18N4O2/c13-11(4-9-5-14-8-15-9)12(18)6-16-3-1-2-10(16)7-17/h5,7-8,10-11H,1-4,6,13H2,(H,14,15)/t10-,11-/m0/s1. The first-order valence-electron chi connectivity index (χ1n) is 6.15. The van der Waals surface area contributed by atoms with E-state index in [-0.39, 0.29) is 18.4 Å². The van der Waals surface area contributed by atoms with E-state index in [1.165, 1.54) is 0 Å². The minimum Gasteiger partial charge on any atom is -0.348 e. The van der Waals surface area contributed by atoms with E-state index in [2.05, 4.69) is 9.97 Å². The molecular formula is C12H18N4O2. The number of carbonyl (C=O) groups is 2. The molecule has 0 saturated carbocycles. The zero-order valence-electron chi connectivity index (χ0n) is 10.2. The van der Waals surface area contributed by atoms with Gasteiger partial charge in [0.05, 0.1) is 25.0 Å². The summed E-state index contributed by atoms with van der Waals surface area (Å²) < 4.78 is 0. The van der Waals surface area contributed by atoms with Gasteiger partial charge in [-0.25, -0.2) is 4.98 Å². The second-order valence-electron chi connectivity index (χ2n) is 4.67. The number of ketones is 1. The van der Waals surface area contributed by atoms with Gasteiger partial charge in [-0.05, 0) is 19.4 Å². The summed E-state index contributed by atoms with van der Waals surface area (Å²) in [4.78, 5) is 31.5. The first-order valence-corrected chi connectivity index (χ1v) is 6.15. The average Bonchev–Trinajstić information content (AvgIpc) is 2.99. The number of imidazole rings is 1. The SMILES string of the molecule is N[C@@H](Cc1cnc[nH]1)C(=O)CN1CCC[C@H]1C=O. The number of nitrogens with zero attached hydrogens (tertiary/aromatic N) is 2. The number of hydrogen-bond acceptors (Lipinski definition) is 5. The van der Waals surface area contributed by atoms with Crippen LogP contribution < -0.4 is 5.73 Å². The lowest BCUT2D eigenvalue weighted by molar-refractivity contribution is -0.122. The van der Waals surface area contributed by atoms with Crippen LogP contribution in [0.15, 0.2) is 12.5 Å². The molecule has 18 heavy (non-hydrogen) atoms. The highest BCUT2D eigenvalue weighted by Gasteiger charge is 2.27. The first kappa shape index (κ1) is 12.9. The van der Waals surface area contributed by atoms with E-state index >= 15 is 0 Å². The maximum Gasteiger partial charge on any atom is 0.163 e. The zero-order chi connectivity index (χ0) is 13.0. The third-order valence-electron chi connectivity index (χ3n) is 3.34. The molecule has 1 aliphatic heterocycles. The smallest absolute Gasteiger partial charge is 0.163 e. The lowest BCUT2D eigenvalue weighted by atomic mass is 10.1. The molecule has 0 spiro atoms. The number of likely N-dealkylation sites (tertiary alicyclic amines) is 1. The number of nitrogens with two attached hydrogens (primary N) is 1. The summed E-state index contributed by atoms with van der Waals surface area (Å²) in [5.74, 6) is -0.0293. The molecule has 2 rings (SSSR count). The highest BCUT2D eigenvalue weighted by atomic mass is 16.1. The van der Waals surface area contributed by atoms with Crippen LogP contribution in [0.1, 0.15) is 18.5 Å². The summed E-state index contributed by atoms with van der Waals surface area (Å²) in [6, 6.07) is -0.661. The maximum absolute atomic E-state index is 12.0. The quantitative estimate of drug-likeness (QED) is 0.665. The molecule has 0 amide bonds. The molecule has 1 saturated heterocycles. The van der Waals surface area contributed by atoms with Crippen molar-refractivity contribution in [1.29, 1.82) is 0 Å². The summed E-state index contributed by atoms with van der Waals surface area (Å²) in [6.45, 7) is 1.06. The van der Waals surface area contributed by atoms with Crippen molar-refractivity contribution in [2.75, 3.05) is 13.1 Å². The molecule has 6 nitrogen and oxygen atoms in total. The molecule has 0 radical (unpaired) electrons. The highest BCUT2D eigenvalue weighted by Crippen LogP contribution is 2.15. The summed E-state index contributed by atoms with van der Waals surface area (Å²) in [6.07, 6.45) is 6.41. The molecule has 2 atom stereocenters. The minimum atomic E-state index is -0.543. The third kappa shape index (κ3) is 3.02. The van der Waals surface area contributed by atoms with Crippen molar-refractivity contribution >= 4 is 12.1 Å². The van der Waals surface area contributed by atoms with Crippen molar-refractivity contribution in [1.82, 2.24) is 14.9 Å².